The van der Waals surface area contributed by atoms with Gasteiger partial charge in [-0.25, -0.2) is 4.79 Å². The highest BCUT2D eigenvalue weighted by atomic mass is 16.4. The number of carboxylic acid groups (broad SMARTS) is 1. The Balaban J connectivity index is 2.14. The number of hydrogen-bond acceptors (Lipinski definition) is 2. The first-order valence-electron chi connectivity index (χ1n) is 6.43. The molecule has 4 nitrogen and oxygen atoms in total. The van der Waals surface area contributed by atoms with Gasteiger partial charge in [0.05, 0.1) is 0 Å². The van der Waals surface area contributed by atoms with E-state index in [9.17, 15) is 9.59 Å². The number of carbonyl (C=O) groups is 2. The van der Waals surface area contributed by atoms with Gasteiger partial charge in [-0.05, 0) is 24.8 Å². The predicted molar refractivity (Wildman–Crippen MR) is 67.8 cm³/mol. The summed E-state index contributed by atoms with van der Waals surface area (Å²) in [4.78, 5) is 23.2. The Hall–Kier alpha value is -1.58. The van der Waals surface area contributed by atoms with E-state index in [0.717, 1.165) is 25.7 Å². The predicted octanol–water partition coefficient (Wildman–Crippen LogP) is 2.73. The Kier molecular flexibility index (Phi) is 3.55. The van der Waals surface area contributed by atoms with Gasteiger partial charge in [0.25, 0.3) is 0 Å². The smallest absolute Gasteiger partial charge is 0.352 e. The van der Waals surface area contributed by atoms with Crippen LogP contribution in [0.25, 0.3) is 0 Å². The fourth-order valence-electron chi connectivity index (χ4n) is 2.67. The van der Waals surface area contributed by atoms with E-state index in [-0.39, 0.29) is 17.4 Å². The molecule has 1 fully saturated rings. The van der Waals surface area contributed by atoms with Crippen molar-refractivity contribution < 1.29 is 14.7 Å². The van der Waals surface area contributed by atoms with Gasteiger partial charge in [0.15, 0.2) is 5.78 Å². The maximum absolute atomic E-state index is 12.3. The van der Waals surface area contributed by atoms with Crippen LogP contribution in [0.1, 0.15) is 53.5 Å². The lowest BCUT2D eigenvalue weighted by Gasteiger charge is -2.24. The van der Waals surface area contributed by atoms with Crippen LogP contribution in [0.4, 0.5) is 0 Å². The molecule has 18 heavy (non-hydrogen) atoms. The lowest BCUT2D eigenvalue weighted by atomic mass is 9.80. The van der Waals surface area contributed by atoms with E-state index in [1.807, 2.05) is 0 Å². The zero-order chi connectivity index (χ0) is 13.3. The van der Waals surface area contributed by atoms with Crippen molar-refractivity contribution in [1.82, 2.24) is 4.57 Å². The average Bonchev–Trinajstić information content (AvgIpc) is 2.71. The van der Waals surface area contributed by atoms with Gasteiger partial charge in [-0.3, -0.25) is 4.79 Å². The van der Waals surface area contributed by atoms with E-state index in [1.54, 1.807) is 13.2 Å². The number of Topliss-reactive ketones (excluding diaryl/α,β-unsaturated/α-hetero) is 1. The molecule has 1 saturated carbocycles. The number of nitrogens with zero attached hydrogens (tertiary/aromatic N) is 1. The Morgan fingerprint density at radius 2 is 1.89 bits per heavy atom. The minimum atomic E-state index is -0.992. The molecule has 0 saturated heterocycles. The molecule has 1 aliphatic rings. The average molecular weight is 249 g/mol. The first-order valence-corrected chi connectivity index (χ1v) is 6.43. The first kappa shape index (κ1) is 12.9. The molecule has 0 aromatic carbocycles. The van der Waals surface area contributed by atoms with Crippen molar-refractivity contribution in [2.75, 3.05) is 0 Å². The lowest BCUT2D eigenvalue weighted by molar-refractivity contribution is 0.0686. The Labute approximate surface area is 107 Å². The van der Waals surface area contributed by atoms with Crippen LogP contribution in [0.2, 0.25) is 0 Å². The van der Waals surface area contributed by atoms with Crippen LogP contribution in [0, 0.1) is 11.8 Å². The van der Waals surface area contributed by atoms with Crippen LogP contribution in [-0.2, 0) is 7.05 Å². The summed E-state index contributed by atoms with van der Waals surface area (Å²) in [5, 5.41) is 8.97. The van der Waals surface area contributed by atoms with E-state index < -0.39 is 5.97 Å². The third kappa shape index (κ3) is 2.47. The monoisotopic (exact) mass is 249 g/mol. The molecule has 0 radical (unpaired) electrons. The highest BCUT2D eigenvalue weighted by Gasteiger charge is 2.26. The van der Waals surface area contributed by atoms with Gasteiger partial charge in [-0.1, -0.05) is 19.8 Å². The number of rotatable bonds is 3. The van der Waals surface area contributed by atoms with Crippen LogP contribution in [0.5, 0.6) is 0 Å². The number of carboxylic acids is 1. The highest BCUT2D eigenvalue weighted by molar-refractivity contribution is 6.00. The van der Waals surface area contributed by atoms with Gasteiger partial charge in [0.1, 0.15) is 5.69 Å². The van der Waals surface area contributed by atoms with Crippen LogP contribution in [0.3, 0.4) is 0 Å². The van der Waals surface area contributed by atoms with Gasteiger partial charge in [0, 0.05) is 24.7 Å². The number of ketones is 1. The summed E-state index contributed by atoms with van der Waals surface area (Å²) in [6, 6.07) is 1.49. The van der Waals surface area contributed by atoms with Crippen molar-refractivity contribution in [2.45, 2.75) is 32.6 Å². The van der Waals surface area contributed by atoms with E-state index in [1.165, 1.54) is 10.6 Å². The molecule has 4 heteroatoms. The number of aromatic nitrogens is 1. The highest BCUT2D eigenvalue weighted by Crippen LogP contribution is 2.30. The number of hydrogen-bond donors (Lipinski definition) is 1. The molecule has 1 aliphatic carbocycles. The van der Waals surface area contributed by atoms with Crippen molar-refractivity contribution in [3.8, 4) is 0 Å². The van der Waals surface area contributed by atoms with Gasteiger partial charge in [-0.2, -0.15) is 0 Å². The Morgan fingerprint density at radius 1 is 1.28 bits per heavy atom. The molecule has 1 heterocycles. The van der Waals surface area contributed by atoms with Gasteiger partial charge in [0.2, 0.25) is 0 Å². The zero-order valence-electron chi connectivity index (χ0n) is 10.8. The summed E-state index contributed by atoms with van der Waals surface area (Å²) in [5.74, 6) is -0.108. The van der Waals surface area contributed by atoms with Crippen LogP contribution in [0.15, 0.2) is 12.3 Å². The minimum absolute atomic E-state index is 0.0743. The molecule has 0 amide bonds. The molecule has 1 N–H and O–H groups in total. The molecule has 0 unspecified atom stereocenters. The van der Waals surface area contributed by atoms with E-state index in [0.29, 0.717) is 11.5 Å². The lowest BCUT2D eigenvalue weighted by Crippen LogP contribution is -2.20. The standard InChI is InChI=1S/C14H19NO3/c1-9-3-5-10(6-4-9)13(16)11-7-12(14(17)18)15(2)8-11/h7-10H,3-6H2,1-2H3,(H,17,18). The van der Waals surface area contributed by atoms with E-state index >= 15 is 0 Å². The quantitative estimate of drug-likeness (QED) is 0.838. The van der Waals surface area contributed by atoms with E-state index in [4.69, 9.17) is 5.11 Å². The molecule has 0 bridgehead atoms. The number of carbonyl (C=O) groups excluding carboxylic acids is 1. The van der Waals surface area contributed by atoms with Gasteiger partial charge >= 0.3 is 5.97 Å². The van der Waals surface area contributed by atoms with E-state index in [2.05, 4.69) is 6.92 Å². The number of aromatic carboxylic acids is 1. The second kappa shape index (κ2) is 4.96. The van der Waals surface area contributed by atoms with Crippen molar-refractivity contribution in [1.29, 1.82) is 0 Å². The van der Waals surface area contributed by atoms with Crippen LogP contribution < -0.4 is 0 Å². The maximum atomic E-state index is 12.3. The molecule has 98 valence electrons. The van der Waals surface area contributed by atoms with Crippen molar-refractivity contribution in [3.63, 3.8) is 0 Å². The van der Waals surface area contributed by atoms with Crippen molar-refractivity contribution in [3.05, 3.63) is 23.5 Å². The van der Waals surface area contributed by atoms with Gasteiger partial charge < -0.3 is 9.67 Å². The summed E-state index contributed by atoms with van der Waals surface area (Å²) < 4.78 is 1.50. The Bertz CT molecular complexity index is 467. The topological polar surface area (TPSA) is 59.3 Å². The number of aryl methyl sites for hydroxylation is 1. The molecular formula is C14H19NO3. The fraction of sp³-hybridized carbons (Fsp3) is 0.571. The molecule has 1 aromatic rings. The molecule has 0 atom stereocenters. The Morgan fingerprint density at radius 3 is 2.39 bits per heavy atom. The molecule has 0 spiro atoms. The normalized spacial score (nSPS) is 23.9. The van der Waals surface area contributed by atoms with Crippen LogP contribution in [-0.4, -0.2) is 21.4 Å². The first-order chi connectivity index (χ1) is 8.49. The van der Waals surface area contributed by atoms with Crippen LogP contribution >= 0.6 is 0 Å². The minimum Gasteiger partial charge on any atom is -0.477 e. The summed E-state index contributed by atoms with van der Waals surface area (Å²) in [7, 11) is 1.66. The summed E-state index contributed by atoms with van der Waals surface area (Å²) >= 11 is 0. The third-order valence-corrected chi connectivity index (χ3v) is 3.90. The summed E-state index contributed by atoms with van der Waals surface area (Å²) in [5.41, 5.74) is 0.706. The SMILES string of the molecule is CC1CCC(C(=O)c2cc(C(=O)O)n(C)c2)CC1. The largest absolute Gasteiger partial charge is 0.477 e. The van der Waals surface area contributed by atoms with Crippen molar-refractivity contribution in [2.24, 2.45) is 18.9 Å². The second-order valence-corrected chi connectivity index (χ2v) is 5.35. The second-order valence-electron chi connectivity index (χ2n) is 5.35. The molecule has 0 aliphatic heterocycles. The third-order valence-electron chi connectivity index (χ3n) is 3.90. The zero-order valence-corrected chi connectivity index (χ0v) is 10.8. The molecule has 2 rings (SSSR count). The fourth-order valence-corrected chi connectivity index (χ4v) is 2.67. The molecular weight excluding hydrogens is 230 g/mol. The van der Waals surface area contributed by atoms with Crippen molar-refractivity contribution >= 4 is 11.8 Å². The molecule has 1 aromatic heterocycles. The summed E-state index contributed by atoms with van der Waals surface area (Å²) in [6.07, 6.45) is 5.67. The maximum Gasteiger partial charge on any atom is 0.352 e. The van der Waals surface area contributed by atoms with Gasteiger partial charge in [-0.15, -0.1) is 0 Å². The summed E-state index contributed by atoms with van der Waals surface area (Å²) in [6.45, 7) is 2.21.